The first-order valence-corrected chi connectivity index (χ1v) is 7.35. The molecule has 0 heterocycles. The van der Waals surface area contributed by atoms with Crippen molar-refractivity contribution in [3.05, 3.63) is 29.8 Å². The first kappa shape index (κ1) is 18.0. The predicted octanol–water partition coefficient (Wildman–Crippen LogP) is 2.54. The van der Waals surface area contributed by atoms with Crippen LogP contribution in [0.3, 0.4) is 0 Å². The van der Waals surface area contributed by atoms with Gasteiger partial charge >= 0.3 is 5.97 Å². The number of aliphatic carboxylic acids is 1. The zero-order valence-electron chi connectivity index (χ0n) is 13.9. The van der Waals surface area contributed by atoms with E-state index in [2.05, 4.69) is 13.8 Å². The minimum Gasteiger partial charge on any atom is -0.493 e. The Bertz CT molecular complexity index is 520. The molecule has 0 bridgehead atoms. The Kier molecular flexibility index (Phi) is 5.97. The molecule has 0 spiro atoms. The second kappa shape index (κ2) is 7.29. The van der Waals surface area contributed by atoms with Gasteiger partial charge in [0.2, 0.25) is 5.91 Å². The molecule has 5 nitrogen and oxygen atoms in total. The number of amides is 1. The molecule has 1 rings (SSSR count). The SMILES string of the molecule is CC(C)COc1ccc(C(C)(C)C(=O)N(C)CC(=O)O)cc1. The van der Waals surface area contributed by atoms with Crippen molar-refractivity contribution >= 4 is 11.9 Å². The fraction of sp³-hybridized carbons (Fsp3) is 0.529. The van der Waals surface area contributed by atoms with E-state index in [9.17, 15) is 9.59 Å². The molecule has 0 atom stereocenters. The molecule has 1 aromatic rings. The molecule has 1 amide bonds. The molecule has 0 fully saturated rings. The van der Waals surface area contributed by atoms with Gasteiger partial charge < -0.3 is 14.7 Å². The summed E-state index contributed by atoms with van der Waals surface area (Å²) < 4.78 is 5.62. The van der Waals surface area contributed by atoms with E-state index in [4.69, 9.17) is 9.84 Å². The minimum atomic E-state index is -1.02. The number of benzene rings is 1. The molecule has 0 aromatic heterocycles. The summed E-state index contributed by atoms with van der Waals surface area (Å²) in [7, 11) is 1.50. The fourth-order valence-corrected chi connectivity index (χ4v) is 2.11. The van der Waals surface area contributed by atoms with Crippen LogP contribution in [0.5, 0.6) is 5.75 Å². The Morgan fingerprint density at radius 2 is 1.77 bits per heavy atom. The van der Waals surface area contributed by atoms with E-state index in [1.54, 1.807) is 13.8 Å². The third kappa shape index (κ3) is 4.76. The Morgan fingerprint density at radius 3 is 2.23 bits per heavy atom. The van der Waals surface area contributed by atoms with Gasteiger partial charge in [-0.15, -0.1) is 0 Å². The first-order valence-electron chi connectivity index (χ1n) is 7.35. The molecule has 5 heteroatoms. The molecular weight excluding hydrogens is 282 g/mol. The highest BCUT2D eigenvalue weighted by Crippen LogP contribution is 2.27. The second-order valence-electron chi connectivity index (χ2n) is 6.41. The Morgan fingerprint density at radius 1 is 1.23 bits per heavy atom. The Hall–Kier alpha value is -2.04. The number of carbonyl (C=O) groups is 2. The van der Waals surface area contributed by atoms with Gasteiger partial charge in [0.25, 0.3) is 0 Å². The van der Waals surface area contributed by atoms with Crippen LogP contribution in [-0.2, 0) is 15.0 Å². The van der Waals surface area contributed by atoms with Crippen molar-refractivity contribution < 1.29 is 19.4 Å². The molecule has 0 radical (unpaired) electrons. The van der Waals surface area contributed by atoms with Gasteiger partial charge in [-0.25, -0.2) is 0 Å². The predicted molar refractivity (Wildman–Crippen MR) is 85.1 cm³/mol. The quantitative estimate of drug-likeness (QED) is 0.840. The summed E-state index contributed by atoms with van der Waals surface area (Å²) in [6, 6.07) is 7.37. The molecule has 1 aromatic carbocycles. The van der Waals surface area contributed by atoms with E-state index < -0.39 is 11.4 Å². The highest BCUT2D eigenvalue weighted by Gasteiger charge is 2.33. The zero-order valence-corrected chi connectivity index (χ0v) is 13.9. The third-order valence-corrected chi connectivity index (χ3v) is 3.41. The average molecular weight is 307 g/mol. The molecular formula is C17H25NO4. The van der Waals surface area contributed by atoms with Crippen LogP contribution in [-0.4, -0.2) is 42.1 Å². The average Bonchev–Trinajstić information content (AvgIpc) is 2.43. The largest absolute Gasteiger partial charge is 0.493 e. The van der Waals surface area contributed by atoms with Crippen LogP contribution >= 0.6 is 0 Å². The number of rotatable bonds is 7. The molecule has 0 saturated heterocycles. The van der Waals surface area contributed by atoms with Crippen molar-refractivity contribution in [2.75, 3.05) is 20.2 Å². The number of carbonyl (C=O) groups excluding carboxylic acids is 1. The van der Waals surface area contributed by atoms with Gasteiger partial charge in [-0.3, -0.25) is 9.59 Å². The monoisotopic (exact) mass is 307 g/mol. The fourth-order valence-electron chi connectivity index (χ4n) is 2.11. The molecule has 0 saturated carbocycles. The Balaban J connectivity index is 2.84. The van der Waals surface area contributed by atoms with Crippen LogP contribution in [0.15, 0.2) is 24.3 Å². The second-order valence-corrected chi connectivity index (χ2v) is 6.41. The van der Waals surface area contributed by atoms with Crippen molar-refractivity contribution in [1.82, 2.24) is 4.90 Å². The highest BCUT2D eigenvalue weighted by atomic mass is 16.5. The maximum absolute atomic E-state index is 12.4. The lowest BCUT2D eigenvalue weighted by molar-refractivity contribution is -0.145. The number of ether oxygens (including phenoxy) is 1. The maximum Gasteiger partial charge on any atom is 0.323 e. The van der Waals surface area contributed by atoms with Gasteiger partial charge in [0.1, 0.15) is 12.3 Å². The Labute approximate surface area is 131 Å². The lowest BCUT2D eigenvalue weighted by Gasteiger charge is -2.29. The zero-order chi connectivity index (χ0) is 16.9. The lowest BCUT2D eigenvalue weighted by atomic mass is 9.83. The summed E-state index contributed by atoms with van der Waals surface area (Å²) in [4.78, 5) is 24.4. The topological polar surface area (TPSA) is 66.8 Å². The number of carboxylic acid groups (broad SMARTS) is 1. The molecule has 0 aliphatic rings. The van der Waals surface area contributed by atoms with Crippen molar-refractivity contribution in [2.24, 2.45) is 5.92 Å². The summed E-state index contributed by atoms with van der Waals surface area (Å²) in [5.41, 5.74) is 0.0347. The van der Waals surface area contributed by atoms with E-state index in [1.807, 2.05) is 24.3 Å². The number of hydrogen-bond donors (Lipinski definition) is 1. The van der Waals surface area contributed by atoms with Gasteiger partial charge in [-0.1, -0.05) is 26.0 Å². The number of nitrogens with zero attached hydrogens (tertiary/aromatic N) is 1. The van der Waals surface area contributed by atoms with Gasteiger partial charge in [0, 0.05) is 7.05 Å². The summed E-state index contributed by atoms with van der Waals surface area (Å²) in [6.07, 6.45) is 0. The number of carboxylic acids is 1. The molecule has 0 aliphatic heterocycles. The molecule has 0 aliphatic carbocycles. The number of hydrogen-bond acceptors (Lipinski definition) is 3. The van der Waals surface area contributed by atoms with E-state index >= 15 is 0 Å². The van der Waals surface area contributed by atoms with E-state index in [0.29, 0.717) is 12.5 Å². The summed E-state index contributed by atoms with van der Waals surface area (Å²) >= 11 is 0. The molecule has 22 heavy (non-hydrogen) atoms. The van der Waals surface area contributed by atoms with Gasteiger partial charge in [0.15, 0.2) is 0 Å². The van der Waals surface area contributed by atoms with Crippen molar-refractivity contribution in [3.63, 3.8) is 0 Å². The van der Waals surface area contributed by atoms with Crippen LogP contribution in [0.25, 0.3) is 0 Å². The normalized spacial score (nSPS) is 11.4. The van der Waals surface area contributed by atoms with Crippen LogP contribution in [0.4, 0.5) is 0 Å². The number of likely N-dealkylation sites (N-methyl/N-ethyl adjacent to an activating group) is 1. The van der Waals surface area contributed by atoms with Crippen LogP contribution in [0.1, 0.15) is 33.3 Å². The summed E-state index contributed by atoms with van der Waals surface area (Å²) in [6.45, 7) is 8.07. The standard InChI is InChI=1S/C17H25NO4/c1-12(2)11-22-14-8-6-13(7-9-14)17(3,4)16(21)18(5)10-15(19)20/h6-9,12H,10-11H2,1-5H3,(H,19,20). The van der Waals surface area contributed by atoms with E-state index in [1.165, 1.54) is 11.9 Å². The summed E-state index contributed by atoms with van der Waals surface area (Å²) in [5, 5.41) is 8.80. The van der Waals surface area contributed by atoms with Crippen molar-refractivity contribution in [1.29, 1.82) is 0 Å². The maximum atomic E-state index is 12.4. The molecule has 1 N–H and O–H groups in total. The van der Waals surface area contributed by atoms with Crippen molar-refractivity contribution in [3.8, 4) is 5.75 Å². The van der Waals surface area contributed by atoms with Gasteiger partial charge in [0.05, 0.1) is 12.0 Å². The van der Waals surface area contributed by atoms with E-state index in [-0.39, 0.29) is 12.5 Å². The smallest absolute Gasteiger partial charge is 0.323 e. The molecule has 122 valence electrons. The minimum absolute atomic E-state index is 0.231. The van der Waals surface area contributed by atoms with Crippen LogP contribution in [0.2, 0.25) is 0 Å². The summed E-state index contributed by atoms with van der Waals surface area (Å²) in [5.74, 6) is -0.0446. The van der Waals surface area contributed by atoms with E-state index in [0.717, 1.165) is 11.3 Å². The third-order valence-electron chi connectivity index (χ3n) is 3.41. The van der Waals surface area contributed by atoms with Gasteiger partial charge in [-0.05, 0) is 37.5 Å². The van der Waals surface area contributed by atoms with Crippen LogP contribution in [0, 0.1) is 5.92 Å². The van der Waals surface area contributed by atoms with Crippen molar-refractivity contribution in [2.45, 2.75) is 33.1 Å². The highest BCUT2D eigenvalue weighted by molar-refractivity contribution is 5.89. The lowest BCUT2D eigenvalue weighted by Crippen LogP contribution is -2.43. The molecule has 0 unspecified atom stereocenters. The first-order chi connectivity index (χ1) is 10.1. The van der Waals surface area contributed by atoms with Gasteiger partial charge in [-0.2, -0.15) is 0 Å². The van der Waals surface area contributed by atoms with Crippen LogP contribution < -0.4 is 4.74 Å².